The number of nitrogens with one attached hydrogen (secondary N) is 1. The van der Waals surface area contributed by atoms with Crippen LogP contribution in [0.3, 0.4) is 0 Å². The van der Waals surface area contributed by atoms with Gasteiger partial charge in [-0.25, -0.2) is 9.97 Å². The fourth-order valence-electron chi connectivity index (χ4n) is 1.44. The minimum absolute atomic E-state index is 0.769. The highest BCUT2D eigenvalue weighted by Crippen LogP contribution is 2.11. The number of hydrogen-bond donors (Lipinski definition) is 1. The Balaban J connectivity index is 2.02. The van der Waals surface area contributed by atoms with Gasteiger partial charge in [-0.15, -0.1) is 0 Å². The van der Waals surface area contributed by atoms with Crippen LogP contribution < -0.4 is 5.32 Å². The predicted octanol–water partition coefficient (Wildman–Crippen LogP) is 3.16. The van der Waals surface area contributed by atoms with Gasteiger partial charge in [0, 0.05) is 12.6 Å². The molecule has 1 N–H and O–H groups in total. The van der Waals surface area contributed by atoms with E-state index in [2.05, 4.69) is 62.4 Å². The molecule has 1 heterocycles. The molecule has 0 amide bonds. The average molecular weight is 278 g/mol. The highest BCUT2D eigenvalue weighted by Gasteiger charge is 1.96. The van der Waals surface area contributed by atoms with Crippen LogP contribution in [-0.4, -0.2) is 9.97 Å². The smallest absolute Gasteiger partial charge is 0.130 e. The molecule has 0 saturated carbocycles. The van der Waals surface area contributed by atoms with Gasteiger partial charge in [0.1, 0.15) is 16.7 Å². The van der Waals surface area contributed by atoms with E-state index in [0.29, 0.717) is 0 Å². The maximum absolute atomic E-state index is 4.12. The normalized spacial score (nSPS) is 10.1. The fraction of sp³-hybridized carbons (Fsp3) is 0.167. The number of aromatic nitrogens is 2. The van der Waals surface area contributed by atoms with Crippen LogP contribution in [-0.2, 0) is 6.54 Å². The van der Waals surface area contributed by atoms with Crippen molar-refractivity contribution in [3.8, 4) is 0 Å². The van der Waals surface area contributed by atoms with Crippen molar-refractivity contribution in [1.82, 2.24) is 9.97 Å². The lowest BCUT2D eigenvalue weighted by molar-refractivity contribution is 1.07. The van der Waals surface area contributed by atoms with Crippen molar-refractivity contribution in [3.63, 3.8) is 0 Å². The average Bonchev–Trinajstić information content (AvgIpc) is 2.27. The second-order valence-electron chi connectivity index (χ2n) is 3.57. The molecule has 2 rings (SSSR count). The molecule has 0 fully saturated rings. The van der Waals surface area contributed by atoms with Crippen LogP contribution in [0.1, 0.15) is 11.1 Å². The molecule has 0 aliphatic carbocycles. The van der Waals surface area contributed by atoms with Gasteiger partial charge in [-0.1, -0.05) is 29.8 Å². The number of rotatable bonds is 3. The highest BCUT2D eigenvalue weighted by molar-refractivity contribution is 9.10. The van der Waals surface area contributed by atoms with Crippen molar-refractivity contribution in [2.45, 2.75) is 13.5 Å². The number of halogens is 1. The Morgan fingerprint density at radius 3 is 2.88 bits per heavy atom. The van der Waals surface area contributed by atoms with E-state index in [-0.39, 0.29) is 0 Å². The lowest BCUT2D eigenvalue weighted by atomic mass is 10.1. The van der Waals surface area contributed by atoms with Crippen molar-refractivity contribution >= 4 is 21.7 Å². The molecule has 0 radical (unpaired) electrons. The molecule has 0 atom stereocenters. The molecule has 0 bridgehead atoms. The van der Waals surface area contributed by atoms with E-state index >= 15 is 0 Å². The molecule has 0 aliphatic heterocycles. The van der Waals surface area contributed by atoms with E-state index in [0.717, 1.165) is 17.0 Å². The third-order valence-corrected chi connectivity index (χ3v) is 2.62. The van der Waals surface area contributed by atoms with Crippen molar-refractivity contribution in [3.05, 3.63) is 52.4 Å². The third kappa shape index (κ3) is 3.03. The summed E-state index contributed by atoms with van der Waals surface area (Å²) in [7, 11) is 0. The molecular weight excluding hydrogens is 266 g/mol. The monoisotopic (exact) mass is 277 g/mol. The number of benzene rings is 1. The molecule has 4 heteroatoms. The van der Waals surface area contributed by atoms with Gasteiger partial charge < -0.3 is 5.32 Å². The number of aryl methyl sites for hydroxylation is 1. The van der Waals surface area contributed by atoms with E-state index in [1.807, 2.05) is 6.07 Å². The highest BCUT2D eigenvalue weighted by atomic mass is 79.9. The van der Waals surface area contributed by atoms with Crippen LogP contribution >= 0.6 is 15.9 Å². The van der Waals surface area contributed by atoms with Gasteiger partial charge in [-0.2, -0.15) is 0 Å². The van der Waals surface area contributed by atoms with E-state index in [1.54, 1.807) is 0 Å². The Morgan fingerprint density at radius 1 is 1.25 bits per heavy atom. The van der Waals surface area contributed by atoms with Gasteiger partial charge in [0.25, 0.3) is 0 Å². The summed E-state index contributed by atoms with van der Waals surface area (Å²) in [5.74, 6) is 0.823. The Morgan fingerprint density at radius 2 is 2.12 bits per heavy atom. The molecule has 0 aliphatic rings. The minimum atomic E-state index is 0.769. The third-order valence-electron chi connectivity index (χ3n) is 2.19. The largest absolute Gasteiger partial charge is 0.366 e. The summed E-state index contributed by atoms with van der Waals surface area (Å²) in [5, 5.41) is 3.25. The maximum atomic E-state index is 4.12. The second kappa shape index (κ2) is 5.07. The zero-order chi connectivity index (χ0) is 11.4. The first-order valence-corrected chi connectivity index (χ1v) is 5.80. The Bertz CT molecular complexity index is 440. The molecule has 0 saturated heterocycles. The molecular formula is C12H12BrN3. The number of hydrogen-bond acceptors (Lipinski definition) is 3. The molecule has 2 aromatic rings. The van der Waals surface area contributed by atoms with Gasteiger partial charge in [0.15, 0.2) is 0 Å². The van der Waals surface area contributed by atoms with Gasteiger partial charge in [-0.05, 0) is 28.4 Å². The van der Waals surface area contributed by atoms with E-state index in [1.165, 1.54) is 17.5 Å². The molecule has 82 valence electrons. The van der Waals surface area contributed by atoms with Crippen molar-refractivity contribution in [1.29, 1.82) is 0 Å². The standard InChI is InChI=1S/C12H12BrN3/c1-9-3-2-4-10(5-9)7-14-12-6-11(13)15-8-16-12/h2-6,8H,7H2,1H3,(H,14,15,16). The first-order chi connectivity index (χ1) is 7.74. The predicted molar refractivity (Wildman–Crippen MR) is 68.2 cm³/mol. The summed E-state index contributed by atoms with van der Waals surface area (Å²) in [6.45, 7) is 2.86. The van der Waals surface area contributed by atoms with Crippen molar-refractivity contribution < 1.29 is 0 Å². The van der Waals surface area contributed by atoms with Crippen LogP contribution in [0.2, 0.25) is 0 Å². The van der Waals surface area contributed by atoms with Gasteiger partial charge in [0.2, 0.25) is 0 Å². The molecule has 0 spiro atoms. The van der Waals surface area contributed by atoms with Crippen LogP contribution in [0.5, 0.6) is 0 Å². The lowest BCUT2D eigenvalue weighted by Gasteiger charge is -2.06. The second-order valence-corrected chi connectivity index (χ2v) is 4.38. The first-order valence-electron chi connectivity index (χ1n) is 5.01. The maximum Gasteiger partial charge on any atom is 0.130 e. The van der Waals surface area contributed by atoms with Gasteiger partial charge >= 0.3 is 0 Å². The topological polar surface area (TPSA) is 37.8 Å². The van der Waals surface area contributed by atoms with Crippen LogP contribution in [0.25, 0.3) is 0 Å². The summed E-state index contributed by atoms with van der Waals surface area (Å²) in [5.41, 5.74) is 2.51. The van der Waals surface area contributed by atoms with E-state index in [4.69, 9.17) is 0 Å². The molecule has 16 heavy (non-hydrogen) atoms. The van der Waals surface area contributed by atoms with Crippen LogP contribution in [0, 0.1) is 6.92 Å². The molecule has 1 aromatic carbocycles. The summed E-state index contributed by atoms with van der Waals surface area (Å²) in [6.07, 6.45) is 1.53. The van der Waals surface area contributed by atoms with Gasteiger partial charge in [-0.3, -0.25) is 0 Å². The van der Waals surface area contributed by atoms with Crippen LogP contribution in [0.15, 0.2) is 41.3 Å². The molecule has 3 nitrogen and oxygen atoms in total. The summed E-state index contributed by atoms with van der Waals surface area (Å²) in [6, 6.07) is 10.3. The Kier molecular flexibility index (Phi) is 3.51. The lowest BCUT2D eigenvalue weighted by Crippen LogP contribution is -2.01. The summed E-state index contributed by atoms with van der Waals surface area (Å²) >= 11 is 3.31. The molecule has 0 unspecified atom stereocenters. The zero-order valence-corrected chi connectivity index (χ0v) is 10.5. The Labute approximate surface area is 103 Å². The number of anilines is 1. The van der Waals surface area contributed by atoms with E-state index in [9.17, 15) is 0 Å². The SMILES string of the molecule is Cc1cccc(CNc2cc(Br)ncn2)c1. The zero-order valence-electron chi connectivity index (χ0n) is 8.94. The Hall–Kier alpha value is -1.42. The van der Waals surface area contributed by atoms with Crippen LogP contribution in [0.4, 0.5) is 5.82 Å². The fourth-order valence-corrected chi connectivity index (χ4v) is 1.75. The van der Waals surface area contributed by atoms with Gasteiger partial charge in [0.05, 0.1) is 0 Å². The van der Waals surface area contributed by atoms with Crippen molar-refractivity contribution in [2.75, 3.05) is 5.32 Å². The summed E-state index contributed by atoms with van der Waals surface area (Å²) < 4.78 is 0.786. The number of nitrogens with zero attached hydrogens (tertiary/aromatic N) is 2. The van der Waals surface area contributed by atoms with Crippen molar-refractivity contribution in [2.24, 2.45) is 0 Å². The summed E-state index contributed by atoms with van der Waals surface area (Å²) in [4.78, 5) is 8.10. The minimum Gasteiger partial charge on any atom is -0.366 e. The molecule has 1 aromatic heterocycles. The first kappa shape index (κ1) is 11.1. The quantitative estimate of drug-likeness (QED) is 0.876. The van der Waals surface area contributed by atoms with E-state index < -0.39 is 0 Å².